The maximum absolute atomic E-state index is 11.6. The molecule has 2 aromatic rings. The minimum Gasteiger partial charge on any atom is -0.478 e. The monoisotopic (exact) mass is 393 g/mol. The van der Waals surface area contributed by atoms with E-state index in [1.54, 1.807) is 0 Å². The zero-order valence-corrected chi connectivity index (χ0v) is 15.1. The number of nitrogens with one attached hydrogen (secondary N) is 1. The van der Waals surface area contributed by atoms with Crippen LogP contribution in [-0.2, 0) is 11.3 Å². The second-order valence-corrected chi connectivity index (χ2v) is 6.18. The molecule has 0 heterocycles. The predicted molar refractivity (Wildman–Crippen MR) is 98.6 cm³/mol. The lowest BCUT2D eigenvalue weighted by atomic mass is 10.00. The summed E-state index contributed by atoms with van der Waals surface area (Å²) < 4.78 is 5.04. The normalized spacial score (nSPS) is 12.9. The van der Waals surface area contributed by atoms with Gasteiger partial charge < -0.3 is 25.4 Å². The Morgan fingerprint density at radius 2 is 1.78 bits per heavy atom. The van der Waals surface area contributed by atoms with Crippen molar-refractivity contribution in [2.45, 2.75) is 25.2 Å². The number of benzene rings is 2. The average molecular weight is 394 g/mol. The summed E-state index contributed by atoms with van der Waals surface area (Å²) in [5, 5.41) is 31.7. The molecule has 4 N–H and O–H groups in total. The molecule has 0 aliphatic carbocycles. The highest BCUT2D eigenvalue weighted by atomic mass is 35.5. The van der Waals surface area contributed by atoms with Crippen molar-refractivity contribution in [1.82, 2.24) is 5.32 Å². The van der Waals surface area contributed by atoms with E-state index >= 15 is 0 Å². The van der Waals surface area contributed by atoms with E-state index in [-0.39, 0.29) is 35.7 Å². The summed E-state index contributed by atoms with van der Waals surface area (Å²) in [5.74, 6) is -1.23. The Hall–Kier alpha value is -2.61. The van der Waals surface area contributed by atoms with Gasteiger partial charge in [-0.15, -0.1) is 0 Å². The van der Waals surface area contributed by atoms with Gasteiger partial charge >= 0.3 is 12.1 Å². The summed E-state index contributed by atoms with van der Waals surface area (Å²) in [6, 6.07) is 13.3. The van der Waals surface area contributed by atoms with Gasteiger partial charge in [0.2, 0.25) is 0 Å². The molecule has 0 spiro atoms. The standard InChI is InChI=1S/C19H20ClNO6/c20-16-13(7-4-8-14(16)18(24)25)17(23)15(22)9-10-21-19(26)27-11-12-5-2-1-3-6-12/h1-8,15,17,22-23H,9-11H2,(H,21,26)(H,24,25). The number of aliphatic hydroxyl groups is 2. The molecule has 7 nitrogen and oxygen atoms in total. The molecule has 1 amide bonds. The molecule has 2 unspecified atom stereocenters. The molecule has 2 aromatic carbocycles. The van der Waals surface area contributed by atoms with Crippen molar-refractivity contribution in [3.8, 4) is 0 Å². The van der Waals surface area contributed by atoms with E-state index < -0.39 is 24.3 Å². The molecule has 0 bridgehead atoms. The van der Waals surface area contributed by atoms with Crippen molar-refractivity contribution < 1.29 is 29.6 Å². The van der Waals surface area contributed by atoms with E-state index in [1.165, 1.54) is 18.2 Å². The summed E-state index contributed by atoms with van der Waals surface area (Å²) in [6.45, 7) is 0.178. The number of carboxylic acid groups (broad SMARTS) is 1. The summed E-state index contributed by atoms with van der Waals surface area (Å²) in [7, 11) is 0. The molecular formula is C19H20ClNO6. The molecule has 144 valence electrons. The highest BCUT2D eigenvalue weighted by molar-refractivity contribution is 6.34. The van der Waals surface area contributed by atoms with E-state index in [9.17, 15) is 19.8 Å². The molecule has 2 rings (SSSR count). The molecule has 8 heteroatoms. The van der Waals surface area contributed by atoms with Crippen LogP contribution < -0.4 is 5.32 Å². The highest BCUT2D eigenvalue weighted by Crippen LogP contribution is 2.29. The second kappa shape index (κ2) is 9.91. The first-order chi connectivity index (χ1) is 12.9. The van der Waals surface area contributed by atoms with Crippen LogP contribution in [0.4, 0.5) is 4.79 Å². The van der Waals surface area contributed by atoms with Crippen LogP contribution in [0.25, 0.3) is 0 Å². The number of aliphatic hydroxyl groups excluding tert-OH is 2. The number of rotatable bonds is 8. The summed E-state index contributed by atoms with van der Waals surface area (Å²) >= 11 is 5.98. The van der Waals surface area contributed by atoms with Crippen LogP contribution in [0.2, 0.25) is 5.02 Å². The van der Waals surface area contributed by atoms with Crippen LogP contribution in [-0.4, -0.2) is 40.0 Å². The van der Waals surface area contributed by atoms with E-state index in [0.29, 0.717) is 0 Å². The molecule has 0 aliphatic heterocycles. The molecule has 2 atom stereocenters. The number of carboxylic acids is 1. The van der Waals surface area contributed by atoms with Gasteiger partial charge in [-0.25, -0.2) is 9.59 Å². The van der Waals surface area contributed by atoms with Crippen molar-refractivity contribution in [2.75, 3.05) is 6.54 Å². The fourth-order valence-corrected chi connectivity index (χ4v) is 2.72. The number of aromatic carboxylic acids is 1. The lowest BCUT2D eigenvalue weighted by molar-refractivity contribution is 0.0136. The fourth-order valence-electron chi connectivity index (χ4n) is 2.40. The molecule has 27 heavy (non-hydrogen) atoms. The number of halogens is 1. The third-order valence-corrected chi connectivity index (χ3v) is 4.29. The largest absolute Gasteiger partial charge is 0.478 e. The van der Waals surface area contributed by atoms with Gasteiger partial charge in [-0.3, -0.25) is 0 Å². The molecule has 0 aliphatic rings. The van der Waals surface area contributed by atoms with Gasteiger partial charge in [0.25, 0.3) is 0 Å². The zero-order valence-electron chi connectivity index (χ0n) is 14.3. The maximum atomic E-state index is 11.6. The number of hydrogen-bond donors (Lipinski definition) is 4. The van der Waals surface area contributed by atoms with Crippen molar-refractivity contribution in [2.24, 2.45) is 0 Å². The van der Waals surface area contributed by atoms with Gasteiger partial charge in [0, 0.05) is 12.1 Å². The van der Waals surface area contributed by atoms with Crippen LogP contribution in [0.15, 0.2) is 48.5 Å². The predicted octanol–water partition coefficient (Wildman–Crippen LogP) is 2.75. The maximum Gasteiger partial charge on any atom is 0.407 e. The van der Waals surface area contributed by atoms with Gasteiger partial charge in [0.1, 0.15) is 12.7 Å². The Kier molecular flexibility index (Phi) is 7.60. The minimum atomic E-state index is -1.39. The quantitative estimate of drug-likeness (QED) is 0.548. The molecule has 0 radical (unpaired) electrons. The van der Waals surface area contributed by atoms with Crippen LogP contribution in [0.3, 0.4) is 0 Å². The van der Waals surface area contributed by atoms with Gasteiger partial charge in [-0.2, -0.15) is 0 Å². The van der Waals surface area contributed by atoms with Crippen LogP contribution in [0.1, 0.15) is 34.0 Å². The first kappa shape index (κ1) is 20.7. The van der Waals surface area contributed by atoms with E-state index in [1.807, 2.05) is 30.3 Å². The van der Waals surface area contributed by atoms with Crippen LogP contribution >= 0.6 is 11.6 Å². The van der Waals surface area contributed by atoms with Crippen molar-refractivity contribution in [1.29, 1.82) is 0 Å². The number of hydrogen-bond acceptors (Lipinski definition) is 5. The van der Waals surface area contributed by atoms with Crippen LogP contribution in [0, 0.1) is 0 Å². The lowest BCUT2D eigenvalue weighted by Crippen LogP contribution is -2.30. The third-order valence-electron chi connectivity index (χ3n) is 3.86. The van der Waals surface area contributed by atoms with Gasteiger partial charge in [0.05, 0.1) is 16.7 Å². The topological polar surface area (TPSA) is 116 Å². The Morgan fingerprint density at radius 1 is 1.07 bits per heavy atom. The zero-order chi connectivity index (χ0) is 19.8. The molecular weight excluding hydrogens is 374 g/mol. The molecule has 0 saturated heterocycles. The van der Waals surface area contributed by atoms with Crippen molar-refractivity contribution in [3.05, 3.63) is 70.2 Å². The summed E-state index contributed by atoms with van der Waals surface area (Å²) in [4.78, 5) is 22.7. The summed E-state index contributed by atoms with van der Waals surface area (Å²) in [6.07, 6.45) is -3.26. The average Bonchev–Trinajstić information content (AvgIpc) is 2.66. The van der Waals surface area contributed by atoms with Crippen LogP contribution in [0.5, 0.6) is 0 Å². The third kappa shape index (κ3) is 5.96. The van der Waals surface area contributed by atoms with Gasteiger partial charge in [-0.05, 0) is 18.1 Å². The Balaban J connectivity index is 1.81. The van der Waals surface area contributed by atoms with Gasteiger partial charge in [-0.1, -0.05) is 54.1 Å². The number of carbonyl (C=O) groups is 2. The van der Waals surface area contributed by atoms with Crippen molar-refractivity contribution >= 4 is 23.7 Å². The Labute approximate surface area is 161 Å². The van der Waals surface area contributed by atoms with E-state index in [4.69, 9.17) is 21.4 Å². The lowest BCUT2D eigenvalue weighted by Gasteiger charge is -2.20. The van der Waals surface area contributed by atoms with Crippen molar-refractivity contribution in [3.63, 3.8) is 0 Å². The highest BCUT2D eigenvalue weighted by Gasteiger charge is 2.23. The number of carbonyl (C=O) groups excluding carboxylic acids is 1. The number of amides is 1. The smallest absolute Gasteiger partial charge is 0.407 e. The number of ether oxygens (including phenoxy) is 1. The minimum absolute atomic E-state index is 0.0230. The Bertz CT molecular complexity index is 783. The van der Waals surface area contributed by atoms with E-state index in [0.717, 1.165) is 5.56 Å². The Morgan fingerprint density at radius 3 is 2.44 bits per heavy atom. The molecule has 0 saturated carbocycles. The first-order valence-electron chi connectivity index (χ1n) is 8.22. The molecule has 0 aromatic heterocycles. The van der Waals surface area contributed by atoms with Gasteiger partial charge in [0.15, 0.2) is 0 Å². The SMILES string of the molecule is O=C(NCCC(O)C(O)c1cccc(C(=O)O)c1Cl)OCc1ccccc1. The first-order valence-corrected chi connectivity index (χ1v) is 8.60. The number of alkyl carbamates (subject to hydrolysis) is 1. The summed E-state index contributed by atoms with van der Waals surface area (Å²) in [5.41, 5.74) is 0.787. The molecule has 0 fully saturated rings. The van der Waals surface area contributed by atoms with E-state index in [2.05, 4.69) is 5.32 Å². The second-order valence-electron chi connectivity index (χ2n) is 5.80. The fraction of sp³-hybridized carbons (Fsp3) is 0.263.